The molecule has 0 radical (unpaired) electrons. The number of nitrogens with one attached hydrogen (secondary N) is 1. The van der Waals surface area contributed by atoms with E-state index in [-0.39, 0.29) is 0 Å². The third kappa shape index (κ3) is 3.28. The first kappa shape index (κ1) is 14.6. The first-order valence-electron chi connectivity index (χ1n) is 8.21. The van der Waals surface area contributed by atoms with Crippen LogP contribution in [0.2, 0.25) is 0 Å². The highest BCUT2D eigenvalue weighted by molar-refractivity contribution is 5.86. The topological polar surface area (TPSA) is 15.3 Å². The van der Waals surface area contributed by atoms with E-state index in [1.54, 1.807) is 0 Å². The lowest BCUT2D eigenvalue weighted by atomic mass is 9.99. The molecule has 2 aromatic carbocycles. The molecule has 0 spiro atoms. The highest BCUT2D eigenvalue weighted by atomic mass is 15.1. The van der Waals surface area contributed by atoms with Crippen LogP contribution in [0.4, 0.5) is 0 Å². The molecule has 2 unspecified atom stereocenters. The number of nitrogens with zero attached hydrogens (tertiary/aromatic N) is 1. The lowest BCUT2D eigenvalue weighted by molar-refractivity contribution is 0.336. The summed E-state index contributed by atoms with van der Waals surface area (Å²) in [6.07, 6.45) is 1.34. The van der Waals surface area contributed by atoms with Crippen molar-refractivity contribution in [3.8, 4) is 0 Å². The van der Waals surface area contributed by atoms with Gasteiger partial charge in [0.15, 0.2) is 0 Å². The van der Waals surface area contributed by atoms with E-state index in [0.717, 1.165) is 12.5 Å². The summed E-state index contributed by atoms with van der Waals surface area (Å²) >= 11 is 0. The molecule has 0 aromatic heterocycles. The van der Waals surface area contributed by atoms with Gasteiger partial charge in [0.05, 0.1) is 0 Å². The van der Waals surface area contributed by atoms with E-state index in [4.69, 9.17) is 0 Å². The molecule has 2 heteroatoms. The predicted octanol–water partition coefficient (Wildman–Crippen LogP) is 3.83. The maximum atomic E-state index is 3.75. The van der Waals surface area contributed by atoms with Crippen LogP contribution >= 0.6 is 0 Å². The molecule has 2 atom stereocenters. The van der Waals surface area contributed by atoms with E-state index in [2.05, 4.69) is 66.5 Å². The fourth-order valence-electron chi connectivity index (χ4n) is 3.45. The standard InChI is InChI=1S/C19H26N2/c1-3-21-12-11-16(14-21)13-20-15(2)18-10-6-8-17-7-4-5-9-19(17)18/h4-10,15-16,20H,3,11-14H2,1-2H3. The summed E-state index contributed by atoms with van der Waals surface area (Å²) in [6.45, 7) is 9.39. The Bertz CT molecular complexity index is 588. The average Bonchev–Trinajstić information content (AvgIpc) is 3.00. The molecule has 0 amide bonds. The van der Waals surface area contributed by atoms with Gasteiger partial charge in [0.25, 0.3) is 0 Å². The zero-order valence-electron chi connectivity index (χ0n) is 13.2. The van der Waals surface area contributed by atoms with Gasteiger partial charge in [-0.25, -0.2) is 0 Å². The van der Waals surface area contributed by atoms with E-state index in [1.165, 1.54) is 42.4 Å². The molecule has 3 rings (SSSR count). The lowest BCUT2D eigenvalue weighted by Gasteiger charge is -2.19. The average molecular weight is 282 g/mol. The van der Waals surface area contributed by atoms with Crippen LogP contribution in [0, 0.1) is 5.92 Å². The first-order chi connectivity index (χ1) is 10.3. The van der Waals surface area contributed by atoms with Gasteiger partial charge in [0, 0.05) is 12.6 Å². The Labute approximate surface area is 128 Å². The molecule has 0 saturated carbocycles. The number of rotatable bonds is 5. The van der Waals surface area contributed by atoms with Crippen LogP contribution in [0.5, 0.6) is 0 Å². The van der Waals surface area contributed by atoms with E-state index in [0.29, 0.717) is 6.04 Å². The quantitative estimate of drug-likeness (QED) is 0.896. The second-order valence-electron chi connectivity index (χ2n) is 6.25. The van der Waals surface area contributed by atoms with E-state index >= 15 is 0 Å². The van der Waals surface area contributed by atoms with Crippen molar-refractivity contribution >= 4 is 10.8 Å². The van der Waals surface area contributed by atoms with Crippen LogP contribution in [0.3, 0.4) is 0 Å². The maximum Gasteiger partial charge on any atom is 0.0298 e. The van der Waals surface area contributed by atoms with Crippen molar-refractivity contribution in [2.45, 2.75) is 26.3 Å². The molecule has 1 aliphatic heterocycles. The van der Waals surface area contributed by atoms with Gasteiger partial charge in [-0.05, 0) is 55.2 Å². The molecule has 2 nitrogen and oxygen atoms in total. The number of likely N-dealkylation sites (tertiary alicyclic amines) is 1. The Morgan fingerprint density at radius 2 is 2.00 bits per heavy atom. The Kier molecular flexibility index (Phi) is 4.57. The summed E-state index contributed by atoms with van der Waals surface area (Å²) in [5.74, 6) is 0.808. The molecular formula is C19H26N2. The summed E-state index contributed by atoms with van der Waals surface area (Å²) in [5.41, 5.74) is 1.42. The van der Waals surface area contributed by atoms with Crippen LogP contribution in [-0.4, -0.2) is 31.1 Å². The van der Waals surface area contributed by atoms with Gasteiger partial charge in [-0.2, -0.15) is 0 Å². The summed E-state index contributed by atoms with van der Waals surface area (Å²) < 4.78 is 0. The van der Waals surface area contributed by atoms with Crippen LogP contribution in [0.1, 0.15) is 31.9 Å². The maximum absolute atomic E-state index is 3.75. The monoisotopic (exact) mass is 282 g/mol. The molecule has 21 heavy (non-hydrogen) atoms. The number of fused-ring (bicyclic) bond motifs is 1. The minimum Gasteiger partial charge on any atom is -0.310 e. The number of benzene rings is 2. The predicted molar refractivity (Wildman–Crippen MR) is 90.6 cm³/mol. The molecular weight excluding hydrogens is 256 g/mol. The van der Waals surface area contributed by atoms with Gasteiger partial charge in [0.2, 0.25) is 0 Å². The van der Waals surface area contributed by atoms with Gasteiger partial charge < -0.3 is 10.2 Å². The molecule has 1 heterocycles. The van der Waals surface area contributed by atoms with Crippen molar-refractivity contribution in [1.29, 1.82) is 0 Å². The minimum atomic E-state index is 0.409. The minimum absolute atomic E-state index is 0.409. The molecule has 0 bridgehead atoms. The fourth-order valence-corrected chi connectivity index (χ4v) is 3.45. The van der Waals surface area contributed by atoms with Gasteiger partial charge in [-0.3, -0.25) is 0 Å². The van der Waals surface area contributed by atoms with Gasteiger partial charge in [-0.1, -0.05) is 49.4 Å². The molecule has 1 aliphatic rings. The third-order valence-corrected chi connectivity index (χ3v) is 4.82. The van der Waals surface area contributed by atoms with Crippen LogP contribution in [-0.2, 0) is 0 Å². The molecule has 112 valence electrons. The molecule has 1 N–H and O–H groups in total. The largest absolute Gasteiger partial charge is 0.310 e. The van der Waals surface area contributed by atoms with Crippen molar-refractivity contribution in [3.05, 3.63) is 48.0 Å². The lowest BCUT2D eigenvalue weighted by Crippen LogP contribution is -2.28. The second kappa shape index (κ2) is 6.59. The fraction of sp³-hybridized carbons (Fsp3) is 0.474. The Morgan fingerprint density at radius 1 is 1.19 bits per heavy atom. The Morgan fingerprint density at radius 3 is 2.81 bits per heavy atom. The van der Waals surface area contributed by atoms with Gasteiger partial charge in [-0.15, -0.1) is 0 Å². The van der Waals surface area contributed by atoms with Crippen molar-refractivity contribution in [2.24, 2.45) is 5.92 Å². The van der Waals surface area contributed by atoms with Gasteiger partial charge in [0.1, 0.15) is 0 Å². The highest BCUT2D eigenvalue weighted by Gasteiger charge is 2.21. The van der Waals surface area contributed by atoms with E-state index in [1.807, 2.05) is 0 Å². The Balaban J connectivity index is 1.66. The van der Waals surface area contributed by atoms with E-state index in [9.17, 15) is 0 Å². The van der Waals surface area contributed by atoms with Crippen LogP contribution < -0.4 is 5.32 Å². The molecule has 1 fully saturated rings. The first-order valence-corrected chi connectivity index (χ1v) is 8.21. The normalized spacial score (nSPS) is 21.0. The van der Waals surface area contributed by atoms with Crippen molar-refractivity contribution in [2.75, 3.05) is 26.2 Å². The van der Waals surface area contributed by atoms with Crippen molar-refractivity contribution in [1.82, 2.24) is 10.2 Å². The smallest absolute Gasteiger partial charge is 0.0298 e. The zero-order valence-corrected chi connectivity index (χ0v) is 13.2. The molecule has 1 saturated heterocycles. The van der Waals surface area contributed by atoms with Crippen molar-refractivity contribution < 1.29 is 0 Å². The summed E-state index contributed by atoms with van der Waals surface area (Å²) in [4.78, 5) is 2.55. The second-order valence-corrected chi connectivity index (χ2v) is 6.25. The number of hydrogen-bond donors (Lipinski definition) is 1. The highest BCUT2D eigenvalue weighted by Crippen LogP contribution is 2.24. The third-order valence-electron chi connectivity index (χ3n) is 4.82. The summed E-state index contributed by atoms with van der Waals surface area (Å²) in [6, 6.07) is 15.7. The summed E-state index contributed by atoms with van der Waals surface area (Å²) in [5, 5.41) is 6.46. The van der Waals surface area contributed by atoms with E-state index < -0.39 is 0 Å². The number of hydrogen-bond acceptors (Lipinski definition) is 2. The summed E-state index contributed by atoms with van der Waals surface area (Å²) in [7, 11) is 0. The molecule has 0 aliphatic carbocycles. The molecule has 2 aromatic rings. The van der Waals surface area contributed by atoms with Crippen LogP contribution in [0.15, 0.2) is 42.5 Å². The Hall–Kier alpha value is -1.38. The van der Waals surface area contributed by atoms with Gasteiger partial charge >= 0.3 is 0 Å². The van der Waals surface area contributed by atoms with Crippen molar-refractivity contribution in [3.63, 3.8) is 0 Å². The van der Waals surface area contributed by atoms with Crippen LogP contribution in [0.25, 0.3) is 10.8 Å². The SMILES string of the molecule is CCN1CCC(CNC(C)c2cccc3ccccc23)C1. The zero-order chi connectivity index (χ0) is 14.7.